The lowest BCUT2D eigenvalue weighted by atomic mass is 9.87. The molecule has 0 aliphatic rings. The summed E-state index contributed by atoms with van der Waals surface area (Å²) in [5, 5.41) is 4.58. The first kappa shape index (κ1) is 30.4. The van der Waals surface area contributed by atoms with Crippen molar-refractivity contribution in [1.82, 2.24) is 15.3 Å². The number of nitrogens with one attached hydrogen (secondary N) is 2. The van der Waals surface area contributed by atoms with Gasteiger partial charge in [-0.2, -0.15) is 0 Å². The van der Waals surface area contributed by atoms with E-state index in [0.717, 1.165) is 59.6 Å². The van der Waals surface area contributed by atoms with Crippen LogP contribution in [0.4, 0.5) is 0 Å². The van der Waals surface area contributed by atoms with Gasteiger partial charge in [0.25, 0.3) is 0 Å². The number of hydrogen-bond acceptors (Lipinski definition) is 2. The monoisotopic (exact) mass is 501 g/mol. The third-order valence-corrected chi connectivity index (χ3v) is 7.62. The molecular formula is C34H51N3. The minimum absolute atomic E-state index is 0.510. The first-order valence-electron chi connectivity index (χ1n) is 14.4. The average molecular weight is 502 g/mol. The number of pyridine rings is 1. The van der Waals surface area contributed by atoms with Crippen LogP contribution in [0.3, 0.4) is 0 Å². The van der Waals surface area contributed by atoms with Crippen LogP contribution >= 0.6 is 0 Å². The molecule has 0 radical (unpaired) electrons. The van der Waals surface area contributed by atoms with Crippen LogP contribution in [-0.2, 0) is 0 Å². The summed E-state index contributed by atoms with van der Waals surface area (Å²) in [5.74, 6) is 1.35. The van der Waals surface area contributed by atoms with Crippen molar-refractivity contribution < 1.29 is 0 Å². The van der Waals surface area contributed by atoms with Gasteiger partial charge in [0.1, 0.15) is 0 Å². The number of nitrogens with zero attached hydrogens (tertiary/aromatic N) is 1. The van der Waals surface area contributed by atoms with Gasteiger partial charge >= 0.3 is 0 Å². The zero-order valence-corrected chi connectivity index (χ0v) is 23.9. The van der Waals surface area contributed by atoms with E-state index < -0.39 is 0 Å². The number of aromatic nitrogens is 2. The number of rotatable bonds is 20. The van der Waals surface area contributed by atoms with E-state index in [-0.39, 0.29) is 0 Å². The molecule has 37 heavy (non-hydrogen) atoms. The standard InChI is InChI=1S/C34H51N3/c1-8-26(3)16-13-14-17-27(4)19-20-28(5)29(6)31(9-2)18-12-10-11-15-22-36-30(7)34-24-32-25-35-23-21-33(32)37-34/h19-21,23-26,31,36-37H,4-18,22H2,1-3H3/b20-19-. The summed E-state index contributed by atoms with van der Waals surface area (Å²) in [7, 11) is 0. The van der Waals surface area contributed by atoms with Gasteiger partial charge in [0.05, 0.1) is 11.4 Å². The lowest BCUT2D eigenvalue weighted by Crippen LogP contribution is -2.13. The van der Waals surface area contributed by atoms with E-state index >= 15 is 0 Å². The molecule has 0 fully saturated rings. The molecule has 2 aromatic rings. The molecule has 3 nitrogen and oxygen atoms in total. The Labute approximate surface area is 226 Å². The third kappa shape index (κ3) is 11.0. The minimum Gasteiger partial charge on any atom is -0.384 e. The van der Waals surface area contributed by atoms with Crippen molar-refractivity contribution in [3.8, 4) is 0 Å². The molecule has 2 unspecified atom stereocenters. The van der Waals surface area contributed by atoms with E-state index in [2.05, 4.69) is 80.6 Å². The second-order valence-corrected chi connectivity index (χ2v) is 10.7. The highest BCUT2D eigenvalue weighted by Gasteiger charge is 2.12. The lowest BCUT2D eigenvalue weighted by molar-refractivity contribution is 0.485. The zero-order valence-electron chi connectivity index (χ0n) is 23.9. The Morgan fingerprint density at radius 2 is 1.73 bits per heavy atom. The summed E-state index contributed by atoms with van der Waals surface area (Å²) in [6.45, 7) is 24.9. The number of hydrogen-bond donors (Lipinski definition) is 2. The van der Waals surface area contributed by atoms with Crippen molar-refractivity contribution in [2.45, 2.75) is 91.4 Å². The molecule has 3 heteroatoms. The summed E-state index contributed by atoms with van der Waals surface area (Å²) in [4.78, 5) is 7.58. The van der Waals surface area contributed by atoms with Crippen LogP contribution in [0.15, 0.2) is 79.7 Å². The molecule has 0 saturated heterocycles. The molecule has 0 aliphatic carbocycles. The minimum atomic E-state index is 0.510. The van der Waals surface area contributed by atoms with Crippen molar-refractivity contribution in [2.24, 2.45) is 11.8 Å². The van der Waals surface area contributed by atoms with Crippen LogP contribution in [0.2, 0.25) is 0 Å². The van der Waals surface area contributed by atoms with Crippen molar-refractivity contribution in [3.05, 3.63) is 85.4 Å². The first-order chi connectivity index (χ1) is 17.8. The van der Waals surface area contributed by atoms with E-state index in [4.69, 9.17) is 0 Å². The summed E-state index contributed by atoms with van der Waals surface area (Å²) >= 11 is 0. The van der Waals surface area contributed by atoms with Gasteiger partial charge in [-0.3, -0.25) is 4.98 Å². The number of H-pyrrole nitrogens is 1. The van der Waals surface area contributed by atoms with Crippen LogP contribution in [0.1, 0.15) is 97.1 Å². The topological polar surface area (TPSA) is 40.7 Å². The fourth-order valence-corrected chi connectivity index (χ4v) is 4.68. The highest BCUT2D eigenvalue weighted by Crippen LogP contribution is 2.27. The first-order valence-corrected chi connectivity index (χ1v) is 14.4. The van der Waals surface area contributed by atoms with Crippen LogP contribution < -0.4 is 5.32 Å². The zero-order chi connectivity index (χ0) is 27.0. The number of unbranched alkanes of at least 4 members (excludes halogenated alkanes) is 4. The van der Waals surface area contributed by atoms with Gasteiger partial charge in [0.2, 0.25) is 0 Å². The van der Waals surface area contributed by atoms with E-state index in [1.807, 2.05) is 12.3 Å². The third-order valence-electron chi connectivity index (χ3n) is 7.62. The number of aromatic amines is 1. The molecule has 2 heterocycles. The molecule has 0 aliphatic heterocycles. The van der Waals surface area contributed by atoms with Crippen LogP contribution in [0, 0.1) is 11.8 Å². The molecule has 2 N–H and O–H groups in total. The van der Waals surface area contributed by atoms with Gasteiger partial charge in [0, 0.05) is 29.8 Å². The van der Waals surface area contributed by atoms with E-state index in [9.17, 15) is 0 Å². The van der Waals surface area contributed by atoms with Crippen LogP contribution in [0.5, 0.6) is 0 Å². The van der Waals surface area contributed by atoms with Crippen molar-refractivity contribution >= 4 is 16.6 Å². The molecule has 2 aromatic heterocycles. The highest BCUT2D eigenvalue weighted by atomic mass is 14.9. The maximum atomic E-state index is 4.39. The Morgan fingerprint density at radius 1 is 0.973 bits per heavy atom. The maximum Gasteiger partial charge on any atom is 0.0621 e. The molecule has 2 rings (SSSR count). The number of allylic oxidation sites excluding steroid dienone is 5. The predicted octanol–water partition coefficient (Wildman–Crippen LogP) is 9.93. The molecule has 0 spiro atoms. The Bertz CT molecular complexity index is 1010. The second kappa shape index (κ2) is 16.8. The normalized spacial score (nSPS) is 13.1. The quantitative estimate of drug-likeness (QED) is 0.140. The molecular weight excluding hydrogens is 450 g/mol. The smallest absolute Gasteiger partial charge is 0.0621 e. The van der Waals surface area contributed by atoms with Crippen LogP contribution in [0.25, 0.3) is 16.6 Å². The molecule has 202 valence electrons. The van der Waals surface area contributed by atoms with Gasteiger partial charge in [0.15, 0.2) is 0 Å². The summed E-state index contributed by atoms with van der Waals surface area (Å²) in [6.07, 6.45) is 21.3. The summed E-state index contributed by atoms with van der Waals surface area (Å²) in [5.41, 5.74) is 6.52. The van der Waals surface area contributed by atoms with Gasteiger partial charge in [-0.15, -0.1) is 0 Å². The second-order valence-electron chi connectivity index (χ2n) is 10.7. The number of fused-ring (bicyclic) bond motifs is 1. The van der Waals surface area contributed by atoms with E-state index in [1.165, 1.54) is 62.5 Å². The molecule has 2 atom stereocenters. The maximum absolute atomic E-state index is 4.39. The Balaban J connectivity index is 1.59. The fourth-order valence-electron chi connectivity index (χ4n) is 4.68. The van der Waals surface area contributed by atoms with Gasteiger partial charge < -0.3 is 10.3 Å². The molecule has 0 bridgehead atoms. The molecule has 0 saturated carbocycles. The van der Waals surface area contributed by atoms with E-state index in [0.29, 0.717) is 5.92 Å². The van der Waals surface area contributed by atoms with Crippen molar-refractivity contribution in [2.75, 3.05) is 6.54 Å². The Morgan fingerprint density at radius 3 is 2.46 bits per heavy atom. The fraction of sp³-hybridized carbons (Fsp3) is 0.500. The van der Waals surface area contributed by atoms with Crippen molar-refractivity contribution in [1.29, 1.82) is 0 Å². The van der Waals surface area contributed by atoms with E-state index in [1.54, 1.807) is 6.20 Å². The summed E-state index contributed by atoms with van der Waals surface area (Å²) < 4.78 is 0. The van der Waals surface area contributed by atoms with Gasteiger partial charge in [-0.05, 0) is 67.2 Å². The predicted molar refractivity (Wildman–Crippen MR) is 164 cm³/mol. The highest BCUT2D eigenvalue weighted by molar-refractivity contribution is 5.83. The summed E-state index contributed by atoms with van der Waals surface area (Å²) in [6, 6.07) is 4.09. The Kier molecular flexibility index (Phi) is 13.8. The van der Waals surface area contributed by atoms with Gasteiger partial charge in [-0.1, -0.05) is 103 Å². The van der Waals surface area contributed by atoms with Gasteiger partial charge in [-0.25, -0.2) is 0 Å². The molecule has 0 amide bonds. The van der Waals surface area contributed by atoms with Crippen LogP contribution in [-0.4, -0.2) is 16.5 Å². The Hall–Kier alpha value is -2.81. The van der Waals surface area contributed by atoms with Crippen molar-refractivity contribution in [3.63, 3.8) is 0 Å². The molecule has 0 aromatic carbocycles. The largest absolute Gasteiger partial charge is 0.384 e. The SMILES string of the molecule is C=C(/C=C\C(=C)C(=C)C(CC)CCCCCCNC(=C)c1cc2cnccc2[nH]1)CCCCC(C)CC. The lowest BCUT2D eigenvalue weighted by Gasteiger charge is -2.18. The average Bonchev–Trinajstić information content (AvgIpc) is 3.35.